The van der Waals surface area contributed by atoms with E-state index in [4.69, 9.17) is 10.5 Å². The minimum Gasteiger partial charge on any atom is -0.365 e. The Bertz CT molecular complexity index is 106. The standard InChI is InChI=1S/C5H10N2O2/c6-1-4-2-7-5(8)3-9-4/h4H,1-3,6H2,(H,7,8)/t4-/m1/s1. The number of ether oxygens (including phenoxy) is 1. The number of nitrogens with one attached hydrogen (secondary N) is 1. The predicted molar refractivity (Wildman–Crippen MR) is 31.8 cm³/mol. The van der Waals surface area contributed by atoms with Crippen molar-refractivity contribution >= 4 is 5.91 Å². The van der Waals surface area contributed by atoms with E-state index in [1.165, 1.54) is 0 Å². The Labute approximate surface area is 53.4 Å². The van der Waals surface area contributed by atoms with Crippen molar-refractivity contribution in [2.75, 3.05) is 19.7 Å². The van der Waals surface area contributed by atoms with Gasteiger partial charge in [0.1, 0.15) is 6.61 Å². The van der Waals surface area contributed by atoms with E-state index in [9.17, 15) is 4.79 Å². The molecule has 1 aliphatic rings. The van der Waals surface area contributed by atoms with Crippen LogP contribution in [0.4, 0.5) is 0 Å². The third-order valence-electron chi connectivity index (χ3n) is 1.24. The summed E-state index contributed by atoms with van der Waals surface area (Å²) < 4.78 is 5.00. The van der Waals surface area contributed by atoms with Gasteiger partial charge in [-0.05, 0) is 0 Å². The van der Waals surface area contributed by atoms with Gasteiger partial charge in [-0.2, -0.15) is 0 Å². The molecule has 9 heavy (non-hydrogen) atoms. The minimum atomic E-state index is -0.0558. The molecular formula is C5H10N2O2. The maximum atomic E-state index is 10.4. The molecule has 4 heteroatoms. The smallest absolute Gasteiger partial charge is 0.246 e. The molecule has 1 aliphatic heterocycles. The molecule has 1 rings (SSSR count). The Balaban J connectivity index is 2.26. The summed E-state index contributed by atoms with van der Waals surface area (Å²) in [6.45, 7) is 1.18. The van der Waals surface area contributed by atoms with Crippen molar-refractivity contribution in [2.24, 2.45) is 5.73 Å². The lowest BCUT2D eigenvalue weighted by Crippen LogP contribution is -2.46. The first-order valence-corrected chi connectivity index (χ1v) is 2.91. The second kappa shape index (κ2) is 2.80. The van der Waals surface area contributed by atoms with Crippen molar-refractivity contribution in [3.05, 3.63) is 0 Å². The van der Waals surface area contributed by atoms with Gasteiger partial charge in [0.25, 0.3) is 0 Å². The molecular weight excluding hydrogens is 120 g/mol. The number of hydrogen-bond acceptors (Lipinski definition) is 3. The molecule has 3 N–H and O–H groups in total. The zero-order valence-electron chi connectivity index (χ0n) is 5.09. The monoisotopic (exact) mass is 130 g/mol. The van der Waals surface area contributed by atoms with Gasteiger partial charge in [-0.15, -0.1) is 0 Å². The molecule has 0 spiro atoms. The normalized spacial score (nSPS) is 27.7. The summed E-state index contributed by atoms with van der Waals surface area (Å²) in [4.78, 5) is 10.4. The van der Waals surface area contributed by atoms with E-state index in [1.807, 2.05) is 0 Å². The molecule has 1 amide bonds. The van der Waals surface area contributed by atoms with Crippen molar-refractivity contribution in [3.8, 4) is 0 Å². The summed E-state index contributed by atoms with van der Waals surface area (Å²) in [7, 11) is 0. The summed E-state index contributed by atoms with van der Waals surface area (Å²) >= 11 is 0. The Kier molecular flexibility index (Phi) is 2.02. The maximum absolute atomic E-state index is 10.4. The van der Waals surface area contributed by atoms with Crippen LogP contribution in [0.25, 0.3) is 0 Å². The number of rotatable bonds is 1. The van der Waals surface area contributed by atoms with Gasteiger partial charge in [0.2, 0.25) is 5.91 Å². The van der Waals surface area contributed by atoms with Gasteiger partial charge in [0.05, 0.1) is 6.10 Å². The van der Waals surface area contributed by atoms with Gasteiger partial charge >= 0.3 is 0 Å². The molecule has 1 saturated heterocycles. The van der Waals surface area contributed by atoms with Gasteiger partial charge in [0.15, 0.2) is 0 Å². The lowest BCUT2D eigenvalue weighted by atomic mass is 10.3. The van der Waals surface area contributed by atoms with Crippen LogP contribution in [-0.4, -0.2) is 31.7 Å². The summed E-state index contributed by atoms with van der Waals surface area (Å²) in [5.41, 5.74) is 5.27. The first-order chi connectivity index (χ1) is 4.33. The topological polar surface area (TPSA) is 64.3 Å². The molecule has 1 atom stereocenters. The first-order valence-electron chi connectivity index (χ1n) is 2.91. The van der Waals surface area contributed by atoms with Gasteiger partial charge in [-0.3, -0.25) is 4.79 Å². The molecule has 0 aliphatic carbocycles. The van der Waals surface area contributed by atoms with Crippen molar-refractivity contribution in [2.45, 2.75) is 6.10 Å². The first kappa shape index (κ1) is 6.51. The molecule has 4 nitrogen and oxygen atoms in total. The van der Waals surface area contributed by atoms with Crippen LogP contribution in [0, 0.1) is 0 Å². The van der Waals surface area contributed by atoms with Crippen LogP contribution in [0.2, 0.25) is 0 Å². The Morgan fingerprint density at radius 2 is 2.67 bits per heavy atom. The summed E-state index contributed by atoms with van der Waals surface area (Å²) in [6, 6.07) is 0. The third kappa shape index (κ3) is 1.65. The number of carbonyl (C=O) groups excluding carboxylic acids is 1. The van der Waals surface area contributed by atoms with Crippen LogP contribution in [0.1, 0.15) is 0 Å². The molecule has 0 aromatic carbocycles. The molecule has 0 bridgehead atoms. The van der Waals surface area contributed by atoms with Crippen LogP contribution in [0.15, 0.2) is 0 Å². The molecule has 0 saturated carbocycles. The van der Waals surface area contributed by atoms with E-state index >= 15 is 0 Å². The number of amides is 1. The van der Waals surface area contributed by atoms with Gasteiger partial charge in [0, 0.05) is 13.1 Å². The van der Waals surface area contributed by atoms with E-state index in [0.29, 0.717) is 13.1 Å². The van der Waals surface area contributed by atoms with Crippen LogP contribution in [-0.2, 0) is 9.53 Å². The number of hydrogen-bond donors (Lipinski definition) is 2. The molecule has 1 heterocycles. The average molecular weight is 130 g/mol. The second-order valence-corrected chi connectivity index (χ2v) is 1.97. The van der Waals surface area contributed by atoms with Crippen molar-refractivity contribution < 1.29 is 9.53 Å². The fourth-order valence-corrected chi connectivity index (χ4v) is 0.683. The van der Waals surface area contributed by atoms with E-state index < -0.39 is 0 Å². The number of carbonyl (C=O) groups is 1. The lowest BCUT2D eigenvalue weighted by molar-refractivity contribution is -0.132. The molecule has 0 aromatic rings. The minimum absolute atomic E-state index is 0.0164. The molecule has 0 unspecified atom stereocenters. The number of morpholine rings is 1. The highest BCUT2D eigenvalue weighted by molar-refractivity contribution is 5.77. The number of nitrogens with two attached hydrogens (primary N) is 1. The SMILES string of the molecule is NC[C@@H]1CNC(=O)CO1. The zero-order valence-corrected chi connectivity index (χ0v) is 5.09. The van der Waals surface area contributed by atoms with E-state index in [0.717, 1.165) is 0 Å². The summed E-state index contributed by atoms with van der Waals surface area (Å²) in [5, 5.41) is 2.64. The van der Waals surface area contributed by atoms with Crippen LogP contribution >= 0.6 is 0 Å². The van der Waals surface area contributed by atoms with Crippen LogP contribution < -0.4 is 11.1 Å². The van der Waals surface area contributed by atoms with E-state index in [2.05, 4.69) is 5.32 Å². The maximum Gasteiger partial charge on any atom is 0.246 e. The average Bonchev–Trinajstić information content (AvgIpc) is 1.90. The highest BCUT2D eigenvalue weighted by Crippen LogP contribution is 1.92. The quantitative estimate of drug-likeness (QED) is 0.452. The van der Waals surface area contributed by atoms with Gasteiger partial charge in [-0.1, -0.05) is 0 Å². The van der Waals surface area contributed by atoms with E-state index in [-0.39, 0.29) is 18.6 Å². The van der Waals surface area contributed by atoms with Crippen molar-refractivity contribution in [3.63, 3.8) is 0 Å². The van der Waals surface area contributed by atoms with Crippen LogP contribution in [0.3, 0.4) is 0 Å². The molecule has 0 aromatic heterocycles. The van der Waals surface area contributed by atoms with E-state index in [1.54, 1.807) is 0 Å². The Morgan fingerprint density at radius 1 is 1.89 bits per heavy atom. The fraction of sp³-hybridized carbons (Fsp3) is 0.800. The summed E-state index contributed by atoms with van der Waals surface area (Å²) in [6.07, 6.45) is 0.0164. The largest absolute Gasteiger partial charge is 0.365 e. The molecule has 52 valence electrons. The highest BCUT2D eigenvalue weighted by Gasteiger charge is 2.15. The van der Waals surface area contributed by atoms with Gasteiger partial charge < -0.3 is 15.8 Å². The second-order valence-electron chi connectivity index (χ2n) is 1.97. The third-order valence-corrected chi connectivity index (χ3v) is 1.24. The van der Waals surface area contributed by atoms with Crippen molar-refractivity contribution in [1.29, 1.82) is 0 Å². The molecule has 0 radical (unpaired) electrons. The zero-order chi connectivity index (χ0) is 6.69. The summed E-state index contributed by atoms with van der Waals surface area (Å²) in [5.74, 6) is -0.0558. The fourth-order valence-electron chi connectivity index (χ4n) is 0.683. The Morgan fingerprint density at radius 3 is 3.11 bits per heavy atom. The Hall–Kier alpha value is -0.610. The molecule has 1 fully saturated rings. The predicted octanol–water partition coefficient (Wildman–Crippen LogP) is -1.54. The van der Waals surface area contributed by atoms with Crippen molar-refractivity contribution in [1.82, 2.24) is 5.32 Å². The lowest BCUT2D eigenvalue weighted by Gasteiger charge is -2.21. The van der Waals surface area contributed by atoms with Gasteiger partial charge in [-0.25, -0.2) is 0 Å². The van der Waals surface area contributed by atoms with Crippen LogP contribution in [0.5, 0.6) is 0 Å². The highest BCUT2D eigenvalue weighted by atomic mass is 16.5.